The van der Waals surface area contributed by atoms with E-state index in [0.717, 1.165) is 16.5 Å². The standard InChI is InChI=1S/C11H10ClNO2/c1-6-3-4-7-5-8(11(14)15-2)13-10(7)9(6)12/h3-5,13H,1-2H3. The van der Waals surface area contributed by atoms with Crippen LogP contribution in [0.3, 0.4) is 0 Å². The van der Waals surface area contributed by atoms with Crippen LogP contribution in [0.5, 0.6) is 0 Å². The number of nitrogens with one attached hydrogen (secondary N) is 1. The Kier molecular flexibility index (Phi) is 2.40. The van der Waals surface area contributed by atoms with Crippen LogP contribution in [0.1, 0.15) is 16.1 Å². The van der Waals surface area contributed by atoms with Crippen LogP contribution in [0.15, 0.2) is 18.2 Å². The molecule has 78 valence electrons. The number of H-pyrrole nitrogens is 1. The van der Waals surface area contributed by atoms with Crippen molar-refractivity contribution in [3.05, 3.63) is 34.5 Å². The van der Waals surface area contributed by atoms with Crippen LogP contribution in [0, 0.1) is 6.92 Å². The minimum atomic E-state index is -0.389. The highest BCUT2D eigenvalue weighted by Gasteiger charge is 2.11. The fourth-order valence-corrected chi connectivity index (χ4v) is 1.71. The molecule has 1 aromatic carbocycles. The summed E-state index contributed by atoms with van der Waals surface area (Å²) >= 11 is 6.10. The Balaban J connectivity index is 2.66. The first kappa shape index (κ1) is 10.1. The van der Waals surface area contributed by atoms with Gasteiger partial charge >= 0.3 is 5.97 Å². The largest absolute Gasteiger partial charge is 0.464 e. The summed E-state index contributed by atoms with van der Waals surface area (Å²) in [4.78, 5) is 14.2. The second kappa shape index (κ2) is 3.59. The van der Waals surface area contributed by atoms with E-state index in [9.17, 15) is 4.79 Å². The van der Waals surface area contributed by atoms with E-state index >= 15 is 0 Å². The van der Waals surface area contributed by atoms with Crippen molar-refractivity contribution in [3.63, 3.8) is 0 Å². The molecule has 0 radical (unpaired) electrons. The molecule has 1 N–H and O–H groups in total. The number of rotatable bonds is 1. The van der Waals surface area contributed by atoms with E-state index in [2.05, 4.69) is 9.72 Å². The zero-order valence-electron chi connectivity index (χ0n) is 8.43. The Morgan fingerprint density at radius 3 is 2.87 bits per heavy atom. The van der Waals surface area contributed by atoms with Crippen molar-refractivity contribution in [3.8, 4) is 0 Å². The van der Waals surface area contributed by atoms with Crippen LogP contribution in [0.25, 0.3) is 10.9 Å². The molecular formula is C11H10ClNO2. The van der Waals surface area contributed by atoms with Crippen molar-refractivity contribution in [1.29, 1.82) is 0 Å². The number of ether oxygens (including phenoxy) is 1. The molecule has 1 heterocycles. The van der Waals surface area contributed by atoms with Gasteiger partial charge in [-0.3, -0.25) is 0 Å². The number of carbonyl (C=O) groups is 1. The van der Waals surface area contributed by atoms with Crippen LogP contribution in [0.2, 0.25) is 5.02 Å². The molecule has 0 saturated carbocycles. The van der Waals surface area contributed by atoms with E-state index in [1.165, 1.54) is 7.11 Å². The average Bonchev–Trinajstić information content (AvgIpc) is 2.67. The minimum Gasteiger partial charge on any atom is -0.464 e. The number of benzene rings is 1. The quantitative estimate of drug-likeness (QED) is 0.756. The number of hydrogen-bond donors (Lipinski definition) is 1. The van der Waals surface area contributed by atoms with Crippen LogP contribution in [-0.4, -0.2) is 18.1 Å². The van der Waals surface area contributed by atoms with Crippen LogP contribution in [-0.2, 0) is 4.74 Å². The zero-order chi connectivity index (χ0) is 11.0. The fraction of sp³-hybridized carbons (Fsp3) is 0.182. The van der Waals surface area contributed by atoms with E-state index in [1.54, 1.807) is 6.07 Å². The molecule has 0 unspecified atom stereocenters. The number of carbonyl (C=O) groups excluding carboxylic acids is 1. The summed E-state index contributed by atoms with van der Waals surface area (Å²) in [6, 6.07) is 5.56. The van der Waals surface area contributed by atoms with Crippen molar-refractivity contribution >= 4 is 28.5 Å². The van der Waals surface area contributed by atoms with Crippen molar-refractivity contribution < 1.29 is 9.53 Å². The monoisotopic (exact) mass is 223 g/mol. The van der Waals surface area contributed by atoms with Crippen molar-refractivity contribution in [2.45, 2.75) is 6.92 Å². The normalized spacial score (nSPS) is 10.6. The summed E-state index contributed by atoms with van der Waals surface area (Å²) in [6.07, 6.45) is 0. The maximum atomic E-state index is 11.3. The number of fused-ring (bicyclic) bond motifs is 1. The zero-order valence-corrected chi connectivity index (χ0v) is 9.18. The van der Waals surface area contributed by atoms with Crippen LogP contribution in [0.4, 0.5) is 0 Å². The van der Waals surface area contributed by atoms with Gasteiger partial charge in [0.25, 0.3) is 0 Å². The predicted octanol–water partition coefficient (Wildman–Crippen LogP) is 2.92. The molecule has 2 aromatic rings. The number of hydrogen-bond acceptors (Lipinski definition) is 2. The Morgan fingerprint density at radius 1 is 1.47 bits per heavy atom. The highest BCUT2D eigenvalue weighted by molar-refractivity contribution is 6.36. The highest BCUT2D eigenvalue weighted by atomic mass is 35.5. The lowest BCUT2D eigenvalue weighted by Crippen LogP contribution is -2.00. The van der Waals surface area contributed by atoms with Gasteiger partial charge in [-0.05, 0) is 18.6 Å². The van der Waals surface area contributed by atoms with Gasteiger partial charge in [-0.25, -0.2) is 4.79 Å². The molecule has 0 fully saturated rings. The van der Waals surface area contributed by atoms with E-state index in [4.69, 9.17) is 11.6 Å². The van der Waals surface area contributed by atoms with Gasteiger partial charge in [-0.15, -0.1) is 0 Å². The van der Waals surface area contributed by atoms with E-state index in [1.807, 2.05) is 19.1 Å². The Bertz CT molecular complexity index is 531. The minimum absolute atomic E-state index is 0.389. The van der Waals surface area contributed by atoms with Crippen molar-refractivity contribution in [2.24, 2.45) is 0 Å². The van der Waals surface area contributed by atoms with Gasteiger partial charge in [0, 0.05) is 5.39 Å². The third-order valence-corrected chi connectivity index (χ3v) is 2.82. The summed E-state index contributed by atoms with van der Waals surface area (Å²) < 4.78 is 4.62. The lowest BCUT2D eigenvalue weighted by Gasteiger charge is -1.97. The van der Waals surface area contributed by atoms with E-state index in [0.29, 0.717) is 10.7 Å². The summed E-state index contributed by atoms with van der Waals surface area (Å²) in [5.74, 6) is -0.389. The highest BCUT2D eigenvalue weighted by Crippen LogP contribution is 2.27. The number of aromatic amines is 1. The smallest absolute Gasteiger partial charge is 0.354 e. The number of methoxy groups -OCH3 is 1. The summed E-state index contributed by atoms with van der Waals surface area (Å²) in [5, 5.41) is 1.55. The Morgan fingerprint density at radius 2 is 2.20 bits per heavy atom. The maximum Gasteiger partial charge on any atom is 0.354 e. The SMILES string of the molecule is COC(=O)c1cc2ccc(C)c(Cl)c2[nH]1. The second-order valence-electron chi connectivity index (χ2n) is 3.34. The topological polar surface area (TPSA) is 42.1 Å². The van der Waals surface area contributed by atoms with Crippen molar-refractivity contribution in [2.75, 3.05) is 7.11 Å². The maximum absolute atomic E-state index is 11.3. The molecule has 0 aliphatic heterocycles. The second-order valence-corrected chi connectivity index (χ2v) is 3.71. The van der Waals surface area contributed by atoms with Crippen molar-refractivity contribution in [1.82, 2.24) is 4.98 Å². The number of aromatic nitrogens is 1. The third-order valence-electron chi connectivity index (χ3n) is 2.33. The fourth-order valence-electron chi connectivity index (χ4n) is 1.49. The third kappa shape index (κ3) is 1.59. The summed E-state index contributed by atoms with van der Waals surface area (Å²) in [5.41, 5.74) is 2.17. The number of aryl methyl sites for hydroxylation is 1. The summed E-state index contributed by atoms with van der Waals surface area (Å²) in [7, 11) is 1.35. The molecule has 1 aromatic heterocycles. The molecule has 0 aliphatic carbocycles. The number of esters is 1. The lowest BCUT2D eigenvalue weighted by molar-refractivity contribution is 0.0595. The Hall–Kier alpha value is -1.48. The van der Waals surface area contributed by atoms with E-state index < -0.39 is 0 Å². The molecule has 3 nitrogen and oxygen atoms in total. The van der Waals surface area contributed by atoms with Gasteiger partial charge in [-0.2, -0.15) is 0 Å². The molecule has 0 spiro atoms. The summed E-state index contributed by atoms with van der Waals surface area (Å²) in [6.45, 7) is 1.92. The van der Waals surface area contributed by atoms with Gasteiger partial charge in [0.15, 0.2) is 0 Å². The molecule has 0 bridgehead atoms. The first-order valence-corrected chi connectivity index (χ1v) is 4.87. The molecule has 0 amide bonds. The molecule has 2 rings (SSSR count). The average molecular weight is 224 g/mol. The Labute approximate surface area is 92.0 Å². The van der Waals surface area contributed by atoms with Crippen LogP contribution >= 0.6 is 11.6 Å². The predicted molar refractivity (Wildman–Crippen MR) is 59.4 cm³/mol. The molecule has 4 heteroatoms. The van der Waals surface area contributed by atoms with E-state index in [-0.39, 0.29) is 5.97 Å². The lowest BCUT2D eigenvalue weighted by atomic mass is 10.2. The number of halogens is 1. The van der Waals surface area contributed by atoms with Gasteiger partial charge in [0.1, 0.15) is 5.69 Å². The molecule has 0 saturated heterocycles. The molecule has 15 heavy (non-hydrogen) atoms. The van der Waals surface area contributed by atoms with Gasteiger partial charge in [-0.1, -0.05) is 23.7 Å². The van der Waals surface area contributed by atoms with Gasteiger partial charge < -0.3 is 9.72 Å². The molecule has 0 atom stereocenters. The first-order chi connectivity index (χ1) is 7.13. The van der Waals surface area contributed by atoms with Gasteiger partial charge in [0.05, 0.1) is 17.6 Å². The van der Waals surface area contributed by atoms with Gasteiger partial charge in [0.2, 0.25) is 0 Å². The van der Waals surface area contributed by atoms with Crippen LogP contribution < -0.4 is 0 Å². The molecular weight excluding hydrogens is 214 g/mol. The first-order valence-electron chi connectivity index (χ1n) is 4.49. The molecule has 0 aliphatic rings.